The number of aryl methyl sites for hydroxylation is 2. The fraction of sp³-hybridized carbons (Fsp3) is 0.381. The summed E-state index contributed by atoms with van der Waals surface area (Å²) in [4.78, 5) is 33.3. The van der Waals surface area contributed by atoms with E-state index in [0.717, 1.165) is 4.57 Å². The number of hydrogen-bond donors (Lipinski definition) is 2. The van der Waals surface area contributed by atoms with Crippen LogP contribution in [0.2, 0.25) is 0 Å². The van der Waals surface area contributed by atoms with Crippen LogP contribution in [0.4, 0.5) is 23.2 Å². The van der Waals surface area contributed by atoms with Crippen LogP contribution >= 0.6 is 0 Å². The summed E-state index contributed by atoms with van der Waals surface area (Å²) < 4.78 is 61.1. The van der Waals surface area contributed by atoms with Crippen LogP contribution in [0.15, 0.2) is 23.1 Å². The predicted molar refractivity (Wildman–Crippen MR) is 115 cm³/mol. The van der Waals surface area contributed by atoms with Gasteiger partial charge in [-0.2, -0.15) is 22.8 Å². The van der Waals surface area contributed by atoms with Crippen molar-refractivity contribution in [3.05, 3.63) is 57.3 Å². The Morgan fingerprint density at radius 3 is 2.54 bits per heavy atom. The van der Waals surface area contributed by atoms with E-state index in [-0.39, 0.29) is 18.1 Å². The summed E-state index contributed by atoms with van der Waals surface area (Å²) in [7, 11) is 0. The molecule has 188 valence electrons. The molecule has 0 radical (unpaired) electrons. The summed E-state index contributed by atoms with van der Waals surface area (Å²) in [5, 5.41) is 15.7. The number of amides is 1. The molecule has 0 saturated heterocycles. The zero-order valence-corrected chi connectivity index (χ0v) is 19.1. The normalized spacial score (nSPS) is 12.5. The third-order valence-electron chi connectivity index (χ3n) is 5.10. The zero-order valence-electron chi connectivity index (χ0n) is 19.1. The maximum absolute atomic E-state index is 15.1. The van der Waals surface area contributed by atoms with Crippen molar-refractivity contribution in [2.45, 2.75) is 53.1 Å². The lowest BCUT2D eigenvalue weighted by atomic mass is 10.1. The monoisotopic (exact) mass is 498 g/mol. The topological polar surface area (TPSA) is 124 Å². The number of carbonyl (C=O) groups excluding carboxylic acids is 1. The molecule has 0 aliphatic carbocycles. The van der Waals surface area contributed by atoms with Gasteiger partial charge in [-0.3, -0.25) is 14.3 Å². The second-order valence-corrected chi connectivity index (χ2v) is 7.50. The molecule has 10 nitrogen and oxygen atoms in total. The van der Waals surface area contributed by atoms with E-state index >= 15 is 4.39 Å². The number of nitrogens with zero attached hydrogens (tertiary/aromatic N) is 5. The third kappa shape index (κ3) is 5.16. The molecule has 0 spiro atoms. The number of hydrogen-bond acceptors (Lipinski definition) is 7. The Morgan fingerprint density at radius 2 is 2.00 bits per heavy atom. The van der Waals surface area contributed by atoms with E-state index < -0.39 is 53.6 Å². The molecule has 3 aromatic heterocycles. The summed E-state index contributed by atoms with van der Waals surface area (Å²) in [6.07, 6.45) is -5.74. The first-order valence-corrected chi connectivity index (χ1v) is 10.4. The highest BCUT2D eigenvalue weighted by molar-refractivity contribution is 6.06. The molecule has 14 heteroatoms. The summed E-state index contributed by atoms with van der Waals surface area (Å²) in [5.41, 5.74) is -0.229. The number of aromatic nitrogens is 5. The van der Waals surface area contributed by atoms with Crippen LogP contribution < -0.4 is 15.7 Å². The van der Waals surface area contributed by atoms with Gasteiger partial charge in [0.05, 0.1) is 11.4 Å². The highest BCUT2D eigenvalue weighted by atomic mass is 19.4. The van der Waals surface area contributed by atoms with Gasteiger partial charge in [0, 0.05) is 12.7 Å². The Balaban J connectivity index is 2.16. The van der Waals surface area contributed by atoms with Crippen molar-refractivity contribution in [1.29, 1.82) is 0 Å². The van der Waals surface area contributed by atoms with Crippen molar-refractivity contribution in [1.82, 2.24) is 24.3 Å². The van der Waals surface area contributed by atoms with E-state index in [4.69, 9.17) is 4.74 Å². The van der Waals surface area contributed by atoms with Gasteiger partial charge in [-0.25, -0.2) is 9.18 Å². The van der Waals surface area contributed by atoms with Crippen molar-refractivity contribution in [2.24, 2.45) is 0 Å². The van der Waals surface area contributed by atoms with Crippen LogP contribution in [0.25, 0.3) is 5.82 Å². The fourth-order valence-corrected chi connectivity index (χ4v) is 3.17. The van der Waals surface area contributed by atoms with Crippen molar-refractivity contribution < 1.29 is 32.2 Å². The van der Waals surface area contributed by atoms with Crippen LogP contribution in [0.5, 0.6) is 5.88 Å². The SMILES string of the molecule is CCn1c(CO)nn(-c2nc(OC(C)C(F)(F)F)c(C(=O)Nc3c(C)ccnc3C)cc2F)c1=O. The number of carbonyl (C=O) groups is 1. The van der Waals surface area contributed by atoms with Crippen LogP contribution in [-0.2, 0) is 13.2 Å². The van der Waals surface area contributed by atoms with Crippen LogP contribution in [-0.4, -0.2) is 47.6 Å². The van der Waals surface area contributed by atoms with Gasteiger partial charge in [0.25, 0.3) is 5.91 Å². The minimum absolute atomic E-state index is 0.0785. The molecule has 1 atom stereocenters. The van der Waals surface area contributed by atoms with E-state index in [0.29, 0.717) is 28.9 Å². The highest BCUT2D eigenvalue weighted by Gasteiger charge is 2.39. The van der Waals surface area contributed by atoms with Gasteiger partial charge in [0.15, 0.2) is 23.6 Å². The number of ether oxygens (including phenoxy) is 1. The number of pyridine rings is 2. The molecule has 1 amide bonds. The molecule has 1 unspecified atom stereocenters. The molecule has 0 saturated carbocycles. The first kappa shape index (κ1) is 25.8. The molecular formula is C21H22F4N6O4. The maximum atomic E-state index is 15.1. The minimum atomic E-state index is -4.83. The number of nitrogens with one attached hydrogen (secondary N) is 1. The van der Waals surface area contributed by atoms with E-state index in [1.807, 2.05) is 0 Å². The quantitative estimate of drug-likeness (QED) is 0.480. The maximum Gasteiger partial charge on any atom is 0.425 e. The van der Waals surface area contributed by atoms with Gasteiger partial charge in [-0.15, -0.1) is 5.10 Å². The van der Waals surface area contributed by atoms with E-state index in [1.54, 1.807) is 26.8 Å². The fourth-order valence-electron chi connectivity index (χ4n) is 3.17. The molecule has 0 aliphatic rings. The molecule has 0 aromatic carbocycles. The predicted octanol–water partition coefficient (Wildman–Crippen LogP) is 2.67. The van der Waals surface area contributed by atoms with Gasteiger partial charge in [0.1, 0.15) is 12.2 Å². The molecule has 0 fully saturated rings. The molecule has 2 N–H and O–H groups in total. The standard InChI is InChI=1S/C21H22F4N6O4/c1-5-30-15(9-32)29-31(20(30)34)17-14(22)8-13(19(28-17)35-12(4)21(23,24)25)18(33)27-16-10(2)6-7-26-11(16)3/h6-8,12,32H,5,9H2,1-4H3,(H,27,33). The Labute approximate surface area is 196 Å². The number of anilines is 1. The van der Waals surface area contributed by atoms with Gasteiger partial charge in [-0.05, 0) is 45.4 Å². The molecule has 35 heavy (non-hydrogen) atoms. The molecule has 0 bridgehead atoms. The summed E-state index contributed by atoms with van der Waals surface area (Å²) in [6, 6.07) is 2.20. The third-order valence-corrected chi connectivity index (χ3v) is 5.10. The minimum Gasteiger partial charge on any atom is -0.464 e. The molecule has 0 aliphatic heterocycles. The van der Waals surface area contributed by atoms with E-state index in [1.165, 1.54) is 6.20 Å². The smallest absolute Gasteiger partial charge is 0.425 e. The van der Waals surface area contributed by atoms with Crippen molar-refractivity contribution in [2.75, 3.05) is 5.32 Å². The molecule has 3 rings (SSSR count). The van der Waals surface area contributed by atoms with Crippen molar-refractivity contribution in [3.8, 4) is 11.7 Å². The van der Waals surface area contributed by atoms with Gasteiger partial charge < -0.3 is 15.2 Å². The molecule has 3 aromatic rings. The second-order valence-electron chi connectivity index (χ2n) is 7.50. The average molecular weight is 498 g/mol. The van der Waals surface area contributed by atoms with Crippen LogP contribution in [0.3, 0.4) is 0 Å². The number of alkyl halides is 3. The Hall–Kier alpha value is -3.81. The second kappa shape index (κ2) is 9.82. The molecular weight excluding hydrogens is 476 g/mol. The van der Waals surface area contributed by atoms with Crippen LogP contribution in [0, 0.1) is 19.7 Å². The van der Waals surface area contributed by atoms with Crippen molar-refractivity contribution in [3.63, 3.8) is 0 Å². The lowest BCUT2D eigenvalue weighted by Gasteiger charge is -2.19. The number of aliphatic hydroxyl groups excluding tert-OH is 1. The largest absolute Gasteiger partial charge is 0.464 e. The lowest BCUT2D eigenvalue weighted by molar-refractivity contribution is -0.190. The van der Waals surface area contributed by atoms with Crippen molar-refractivity contribution >= 4 is 11.6 Å². The molecule has 3 heterocycles. The van der Waals surface area contributed by atoms with Gasteiger partial charge in [-0.1, -0.05) is 0 Å². The van der Waals surface area contributed by atoms with Gasteiger partial charge >= 0.3 is 11.9 Å². The number of rotatable bonds is 7. The van der Waals surface area contributed by atoms with E-state index in [2.05, 4.69) is 20.4 Å². The number of aliphatic hydroxyl groups is 1. The van der Waals surface area contributed by atoms with Gasteiger partial charge in [0.2, 0.25) is 5.88 Å². The lowest BCUT2D eigenvalue weighted by Crippen LogP contribution is -2.33. The summed E-state index contributed by atoms with van der Waals surface area (Å²) >= 11 is 0. The average Bonchev–Trinajstić information content (AvgIpc) is 3.11. The zero-order chi connectivity index (χ0) is 26.1. The van der Waals surface area contributed by atoms with Crippen LogP contribution in [0.1, 0.15) is 41.3 Å². The Kier molecular flexibility index (Phi) is 7.24. The van der Waals surface area contributed by atoms with E-state index in [9.17, 15) is 27.9 Å². The Bertz CT molecular complexity index is 1300. The summed E-state index contributed by atoms with van der Waals surface area (Å²) in [5.74, 6) is -4.02. The first-order valence-electron chi connectivity index (χ1n) is 10.4. The highest BCUT2D eigenvalue weighted by Crippen LogP contribution is 2.29. The first-order chi connectivity index (χ1) is 16.4. The number of halogens is 4. The Morgan fingerprint density at radius 1 is 1.31 bits per heavy atom. The summed E-state index contributed by atoms with van der Waals surface area (Å²) in [6.45, 7) is 4.95.